The average molecular weight is 195 g/mol. The number of aliphatic carboxylic acids is 1. The molecule has 1 fully saturated rings. The van der Waals surface area contributed by atoms with Crippen molar-refractivity contribution in [3.05, 3.63) is 12.4 Å². The predicted molar refractivity (Wildman–Crippen MR) is 51.0 cm³/mol. The molecule has 0 spiro atoms. The van der Waals surface area contributed by atoms with E-state index in [1.165, 1.54) is 0 Å². The number of imidazole rings is 1. The molecule has 2 N–H and O–H groups in total. The third-order valence-corrected chi connectivity index (χ3v) is 2.79. The molecular formula is C9H13N3O2. The van der Waals surface area contributed by atoms with Crippen molar-refractivity contribution in [2.24, 2.45) is 7.05 Å². The van der Waals surface area contributed by atoms with Crippen molar-refractivity contribution in [3.8, 4) is 0 Å². The molecule has 0 unspecified atom stereocenters. The number of carbonyl (C=O) groups is 1. The Balaban J connectivity index is 2.17. The number of hydrogen-bond donors (Lipinski definition) is 2. The molecule has 1 aliphatic carbocycles. The summed E-state index contributed by atoms with van der Waals surface area (Å²) in [7, 11) is 1.84. The number of rotatable bonds is 3. The van der Waals surface area contributed by atoms with Gasteiger partial charge in [0.05, 0.1) is 0 Å². The number of aromatic nitrogens is 2. The largest absolute Gasteiger partial charge is 0.480 e. The van der Waals surface area contributed by atoms with Gasteiger partial charge in [-0.2, -0.15) is 0 Å². The first kappa shape index (κ1) is 9.05. The maximum atomic E-state index is 11.0. The molecule has 0 atom stereocenters. The Morgan fingerprint density at radius 1 is 1.71 bits per heavy atom. The zero-order valence-corrected chi connectivity index (χ0v) is 8.03. The Morgan fingerprint density at radius 3 is 2.79 bits per heavy atom. The summed E-state index contributed by atoms with van der Waals surface area (Å²) < 4.78 is 1.78. The lowest BCUT2D eigenvalue weighted by molar-refractivity contribution is -0.145. The Kier molecular flexibility index (Phi) is 1.94. The summed E-state index contributed by atoms with van der Waals surface area (Å²) >= 11 is 0. The quantitative estimate of drug-likeness (QED) is 0.750. The summed E-state index contributed by atoms with van der Waals surface area (Å²) in [6.45, 7) is 0. The average Bonchev–Trinajstić information content (AvgIpc) is 2.43. The van der Waals surface area contributed by atoms with Crippen molar-refractivity contribution in [2.75, 3.05) is 5.32 Å². The molecule has 1 saturated carbocycles. The molecule has 0 aliphatic heterocycles. The first-order valence-corrected chi connectivity index (χ1v) is 4.63. The van der Waals surface area contributed by atoms with Crippen LogP contribution in [0.4, 0.5) is 5.95 Å². The molecule has 1 heterocycles. The molecule has 0 bridgehead atoms. The van der Waals surface area contributed by atoms with E-state index >= 15 is 0 Å². The van der Waals surface area contributed by atoms with Crippen molar-refractivity contribution in [2.45, 2.75) is 24.8 Å². The van der Waals surface area contributed by atoms with Gasteiger partial charge in [-0.05, 0) is 19.3 Å². The van der Waals surface area contributed by atoms with Gasteiger partial charge in [-0.15, -0.1) is 0 Å². The number of anilines is 1. The minimum Gasteiger partial charge on any atom is -0.480 e. The second-order valence-electron chi connectivity index (χ2n) is 3.73. The van der Waals surface area contributed by atoms with Crippen molar-refractivity contribution in [3.63, 3.8) is 0 Å². The summed E-state index contributed by atoms with van der Waals surface area (Å²) in [5, 5.41) is 12.1. The van der Waals surface area contributed by atoms with Crippen LogP contribution in [0, 0.1) is 0 Å². The van der Waals surface area contributed by atoms with Crippen molar-refractivity contribution >= 4 is 11.9 Å². The van der Waals surface area contributed by atoms with Crippen molar-refractivity contribution in [1.82, 2.24) is 9.55 Å². The van der Waals surface area contributed by atoms with Gasteiger partial charge in [0.15, 0.2) is 0 Å². The van der Waals surface area contributed by atoms with Crippen LogP contribution in [0.1, 0.15) is 19.3 Å². The Hall–Kier alpha value is -1.52. The molecule has 0 aromatic carbocycles. The zero-order valence-electron chi connectivity index (χ0n) is 8.03. The van der Waals surface area contributed by atoms with Gasteiger partial charge in [0.2, 0.25) is 5.95 Å². The molecule has 1 aromatic heterocycles. The van der Waals surface area contributed by atoms with Crippen molar-refractivity contribution in [1.29, 1.82) is 0 Å². The van der Waals surface area contributed by atoms with E-state index in [0.29, 0.717) is 18.8 Å². The predicted octanol–water partition coefficient (Wildman–Crippen LogP) is 0.839. The number of carboxylic acids is 1. The van der Waals surface area contributed by atoms with Crippen LogP contribution in [-0.4, -0.2) is 26.2 Å². The van der Waals surface area contributed by atoms with E-state index in [1.807, 2.05) is 7.05 Å². The lowest BCUT2D eigenvalue weighted by atomic mass is 9.77. The summed E-state index contributed by atoms with van der Waals surface area (Å²) in [5.41, 5.74) is -0.779. The van der Waals surface area contributed by atoms with Gasteiger partial charge in [0, 0.05) is 19.4 Å². The molecule has 14 heavy (non-hydrogen) atoms. The molecule has 76 valence electrons. The van der Waals surface area contributed by atoms with E-state index < -0.39 is 11.5 Å². The monoisotopic (exact) mass is 195 g/mol. The third-order valence-electron chi connectivity index (χ3n) is 2.79. The van der Waals surface area contributed by atoms with Crippen LogP contribution in [0.2, 0.25) is 0 Å². The lowest BCUT2D eigenvalue weighted by Crippen LogP contribution is -2.52. The van der Waals surface area contributed by atoms with E-state index in [1.54, 1.807) is 17.0 Å². The standard InChI is InChI=1S/C9H13N3O2/c1-12-6-5-10-8(12)11-9(7(13)14)3-2-4-9/h5-6H,2-4H2,1H3,(H,10,11)(H,13,14). The van der Waals surface area contributed by atoms with Gasteiger partial charge in [0.25, 0.3) is 0 Å². The molecule has 5 heteroatoms. The molecule has 0 amide bonds. The Labute approximate surface area is 81.8 Å². The molecule has 0 saturated heterocycles. The lowest BCUT2D eigenvalue weighted by Gasteiger charge is -2.38. The van der Waals surface area contributed by atoms with Crippen LogP contribution in [0.15, 0.2) is 12.4 Å². The highest BCUT2D eigenvalue weighted by atomic mass is 16.4. The maximum Gasteiger partial charge on any atom is 0.329 e. The number of nitrogens with zero attached hydrogens (tertiary/aromatic N) is 2. The Morgan fingerprint density at radius 2 is 2.43 bits per heavy atom. The third kappa shape index (κ3) is 1.25. The fraction of sp³-hybridized carbons (Fsp3) is 0.556. The summed E-state index contributed by atoms with van der Waals surface area (Å²) in [6, 6.07) is 0. The highest BCUT2D eigenvalue weighted by Gasteiger charge is 2.45. The second kappa shape index (κ2) is 3.01. The minimum atomic E-state index is -0.785. The zero-order chi connectivity index (χ0) is 10.2. The fourth-order valence-corrected chi connectivity index (χ4v) is 1.62. The summed E-state index contributed by atoms with van der Waals surface area (Å²) in [4.78, 5) is 15.1. The van der Waals surface area contributed by atoms with Crippen LogP contribution in [0.5, 0.6) is 0 Å². The molecule has 0 radical (unpaired) electrons. The van der Waals surface area contributed by atoms with Crippen molar-refractivity contribution < 1.29 is 9.90 Å². The normalized spacial score (nSPS) is 18.6. The Bertz CT molecular complexity index is 355. The SMILES string of the molecule is Cn1ccnc1NC1(C(=O)O)CCC1. The van der Waals surface area contributed by atoms with Gasteiger partial charge in [-0.25, -0.2) is 9.78 Å². The molecule has 1 aliphatic rings. The first-order valence-electron chi connectivity index (χ1n) is 4.63. The van der Waals surface area contributed by atoms with E-state index in [4.69, 9.17) is 5.11 Å². The van der Waals surface area contributed by atoms with Gasteiger partial charge in [-0.1, -0.05) is 0 Å². The molecular weight excluding hydrogens is 182 g/mol. The van der Waals surface area contributed by atoms with Crippen LogP contribution in [-0.2, 0) is 11.8 Å². The highest BCUT2D eigenvalue weighted by Crippen LogP contribution is 2.34. The van der Waals surface area contributed by atoms with Crippen LogP contribution >= 0.6 is 0 Å². The van der Waals surface area contributed by atoms with Gasteiger partial charge in [-0.3, -0.25) is 0 Å². The van der Waals surface area contributed by atoms with E-state index in [9.17, 15) is 4.79 Å². The summed E-state index contributed by atoms with van der Waals surface area (Å²) in [6.07, 6.45) is 5.75. The first-order chi connectivity index (χ1) is 6.64. The maximum absolute atomic E-state index is 11.0. The van der Waals surface area contributed by atoms with Gasteiger partial charge >= 0.3 is 5.97 Å². The topological polar surface area (TPSA) is 67.2 Å². The molecule has 5 nitrogen and oxygen atoms in total. The number of nitrogens with one attached hydrogen (secondary N) is 1. The minimum absolute atomic E-state index is 0.618. The second-order valence-corrected chi connectivity index (χ2v) is 3.73. The smallest absolute Gasteiger partial charge is 0.329 e. The van der Waals surface area contributed by atoms with E-state index in [-0.39, 0.29) is 0 Å². The molecule has 1 aromatic rings. The number of aryl methyl sites for hydroxylation is 1. The van der Waals surface area contributed by atoms with Crippen LogP contribution < -0.4 is 5.32 Å². The fourth-order valence-electron chi connectivity index (χ4n) is 1.62. The van der Waals surface area contributed by atoms with E-state index in [2.05, 4.69) is 10.3 Å². The molecule has 2 rings (SSSR count). The highest BCUT2D eigenvalue weighted by molar-refractivity contribution is 5.83. The number of carboxylic acid groups (broad SMARTS) is 1. The van der Waals surface area contributed by atoms with E-state index in [0.717, 1.165) is 6.42 Å². The van der Waals surface area contributed by atoms with Gasteiger partial charge in [0.1, 0.15) is 5.54 Å². The van der Waals surface area contributed by atoms with Crippen LogP contribution in [0.3, 0.4) is 0 Å². The summed E-state index contributed by atoms with van der Waals surface area (Å²) in [5.74, 6) is -0.168. The van der Waals surface area contributed by atoms with Crippen LogP contribution in [0.25, 0.3) is 0 Å². The number of hydrogen-bond acceptors (Lipinski definition) is 3. The van der Waals surface area contributed by atoms with Gasteiger partial charge < -0.3 is 15.0 Å².